The van der Waals surface area contributed by atoms with Gasteiger partial charge in [-0.15, -0.1) is 0 Å². The van der Waals surface area contributed by atoms with E-state index < -0.39 is 17.8 Å². The number of hydrogen-bond donors (Lipinski definition) is 1. The predicted molar refractivity (Wildman–Crippen MR) is 114 cm³/mol. The van der Waals surface area contributed by atoms with Gasteiger partial charge in [0.25, 0.3) is 0 Å². The van der Waals surface area contributed by atoms with Gasteiger partial charge in [-0.25, -0.2) is 0 Å². The Kier molecular flexibility index (Phi) is 13.8. The van der Waals surface area contributed by atoms with Gasteiger partial charge in [0, 0.05) is 0 Å². The first-order chi connectivity index (χ1) is 13.5. The van der Waals surface area contributed by atoms with E-state index in [1.165, 1.54) is 64.2 Å². The molecule has 4 heteroatoms. The van der Waals surface area contributed by atoms with Gasteiger partial charge in [-0.2, -0.15) is 0 Å². The number of carbonyl (C=O) groups is 2. The Bertz CT molecular complexity index is 456. The van der Waals surface area contributed by atoms with E-state index >= 15 is 0 Å². The zero-order valence-electron chi connectivity index (χ0n) is 18.2. The molecule has 0 aliphatic heterocycles. The van der Waals surface area contributed by atoms with Gasteiger partial charge in [0.1, 0.15) is 0 Å². The maximum atomic E-state index is 12.1. The van der Waals surface area contributed by atoms with Crippen LogP contribution in [0.2, 0.25) is 0 Å². The number of carboxylic acid groups (broad SMARTS) is 1. The molecule has 0 spiro atoms. The molecule has 4 nitrogen and oxygen atoms in total. The van der Waals surface area contributed by atoms with Gasteiger partial charge in [-0.05, 0) is 25.2 Å². The van der Waals surface area contributed by atoms with Crippen LogP contribution in [0.4, 0.5) is 0 Å². The summed E-state index contributed by atoms with van der Waals surface area (Å²) in [6.45, 7) is 5.02. The molecule has 0 saturated heterocycles. The third-order valence-corrected chi connectivity index (χ3v) is 5.72. The van der Waals surface area contributed by atoms with Crippen LogP contribution in [0, 0.1) is 17.8 Å². The van der Waals surface area contributed by atoms with Gasteiger partial charge in [0.05, 0.1) is 18.4 Å². The summed E-state index contributed by atoms with van der Waals surface area (Å²) in [6, 6.07) is 0. The Morgan fingerprint density at radius 2 is 1.29 bits per heavy atom. The van der Waals surface area contributed by atoms with Crippen molar-refractivity contribution in [3.8, 4) is 0 Å². The van der Waals surface area contributed by atoms with Gasteiger partial charge < -0.3 is 9.84 Å². The van der Waals surface area contributed by atoms with Gasteiger partial charge in [-0.1, -0.05) is 96.6 Å². The molecule has 0 fully saturated rings. The molecule has 1 rings (SSSR count). The van der Waals surface area contributed by atoms with Crippen molar-refractivity contribution in [1.29, 1.82) is 0 Å². The summed E-state index contributed by atoms with van der Waals surface area (Å²) in [5, 5.41) is 9.22. The molecule has 0 bridgehead atoms. The third kappa shape index (κ3) is 11.5. The Morgan fingerprint density at radius 3 is 1.79 bits per heavy atom. The van der Waals surface area contributed by atoms with Crippen molar-refractivity contribution in [2.45, 2.75) is 104 Å². The van der Waals surface area contributed by atoms with Gasteiger partial charge >= 0.3 is 11.9 Å². The number of ether oxygens (including phenoxy) is 1. The largest absolute Gasteiger partial charge is 0.481 e. The monoisotopic (exact) mass is 394 g/mol. The second kappa shape index (κ2) is 15.6. The fourth-order valence-corrected chi connectivity index (χ4v) is 3.87. The van der Waals surface area contributed by atoms with Crippen LogP contribution in [0.5, 0.6) is 0 Å². The third-order valence-electron chi connectivity index (χ3n) is 5.72. The highest BCUT2D eigenvalue weighted by Gasteiger charge is 2.34. The van der Waals surface area contributed by atoms with Crippen LogP contribution in [-0.4, -0.2) is 23.7 Å². The molecule has 0 saturated carbocycles. The number of carboxylic acids is 1. The lowest BCUT2D eigenvalue weighted by Crippen LogP contribution is -2.32. The molecule has 28 heavy (non-hydrogen) atoms. The van der Waals surface area contributed by atoms with E-state index in [1.54, 1.807) is 0 Å². The fourth-order valence-electron chi connectivity index (χ4n) is 3.87. The Morgan fingerprint density at radius 1 is 0.821 bits per heavy atom. The van der Waals surface area contributed by atoms with Crippen LogP contribution < -0.4 is 0 Å². The number of aliphatic carboxylic acids is 1. The summed E-state index contributed by atoms with van der Waals surface area (Å²) in [5.41, 5.74) is 0. The van der Waals surface area contributed by atoms with Gasteiger partial charge in [0.15, 0.2) is 0 Å². The molecule has 0 aromatic rings. The lowest BCUT2D eigenvalue weighted by atomic mass is 9.83. The van der Waals surface area contributed by atoms with Crippen molar-refractivity contribution < 1.29 is 19.4 Å². The molecule has 2 atom stereocenters. The van der Waals surface area contributed by atoms with Gasteiger partial charge in [-0.3, -0.25) is 9.59 Å². The molecular weight excluding hydrogens is 352 g/mol. The highest BCUT2D eigenvalue weighted by molar-refractivity contribution is 5.81. The quantitative estimate of drug-likeness (QED) is 0.183. The zero-order chi connectivity index (χ0) is 20.6. The SMILES string of the molecule is CC(C)CCCCCCCCCCCCCOC(=O)C1CC=CCC1C(=O)O. The average Bonchev–Trinajstić information content (AvgIpc) is 2.67. The number of hydrogen-bond acceptors (Lipinski definition) is 3. The van der Waals surface area contributed by atoms with Crippen LogP contribution in [-0.2, 0) is 14.3 Å². The molecule has 1 aliphatic rings. The molecular formula is C24H42O4. The Labute approximate surface area is 172 Å². The Hall–Kier alpha value is -1.32. The molecule has 0 radical (unpaired) electrons. The fraction of sp³-hybridized carbons (Fsp3) is 0.833. The zero-order valence-corrected chi connectivity index (χ0v) is 18.2. The molecule has 162 valence electrons. The lowest BCUT2D eigenvalue weighted by molar-refractivity contribution is -0.158. The standard InChI is InChI=1S/C24H42O4/c1-20(2)16-12-10-8-6-4-3-5-7-9-11-15-19-28-24(27)22-18-14-13-17-21(22)23(25)26/h13-14,20-22H,3-12,15-19H2,1-2H3,(H,25,26). The Balaban J connectivity index is 1.90. The van der Waals surface area contributed by atoms with E-state index in [9.17, 15) is 14.7 Å². The summed E-state index contributed by atoms with van der Waals surface area (Å²) in [4.78, 5) is 23.4. The number of esters is 1. The molecule has 0 aromatic heterocycles. The molecule has 0 amide bonds. The second-order valence-corrected chi connectivity index (χ2v) is 8.73. The number of allylic oxidation sites excluding steroid dienone is 2. The van der Waals surface area contributed by atoms with Crippen LogP contribution in [0.3, 0.4) is 0 Å². The van der Waals surface area contributed by atoms with Crippen LogP contribution >= 0.6 is 0 Å². The first-order valence-electron chi connectivity index (χ1n) is 11.6. The van der Waals surface area contributed by atoms with E-state index in [2.05, 4.69) is 13.8 Å². The normalized spacial score (nSPS) is 19.1. The highest BCUT2D eigenvalue weighted by Crippen LogP contribution is 2.27. The van der Waals surface area contributed by atoms with E-state index in [4.69, 9.17) is 4.74 Å². The van der Waals surface area contributed by atoms with E-state index in [1.807, 2.05) is 12.2 Å². The summed E-state index contributed by atoms with van der Waals surface area (Å²) in [6.07, 6.45) is 20.0. The minimum absolute atomic E-state index is 0.342. The van der Waals surface area contributed by atoms with Crippen molar-refractivity contribution in [2.75, 3.05) is 6.61 Å². The van der Waals surface area contributed by atoms with Gasteiger partial charge in [0.2, 0.25) is 0 Å². The minimum Gasteiger partial charge on any atom is -0.481 e. The lowest BCUT2D eigenvalue weighted by Gasteiger charge is -2.23. The molecule has 0 heterocycles. The highest BCUT2D eigenvalue weighted by atomic mass is 16.5. The van der Waals surface area contributed by atoms with Crippen LogP contribution in [0.15, 0.2) is 12.2 Å². The molecule has 0 aromatic carbocycles. The summed E-state index contributed by atoms with van der Waals surface area (Å²) in [5.74, 6) is -1.55. The van der Waals surface area contributed by atoms with Crippen molar-refractivity contribution in [2.24, 2.45) is 17.8 Å². The smallest absolute Gasteiger partial charge is 0.310 e. The average molecular weight is 395 g/mol. The number of carbonyl (C=O) groups excluding carboxylic acids is 1. The first kappa shape index (κ1) is 24.7. The van der Waals surface area contributed by atoms with E-state index in [-0.39, 0.29) is 5.97 Å². The summed E-state index contributed by atoms with van der Waals surface area (Å²) < 4.78 is 5.33. The number of unbranched alkanes of at least 4 members (excludes halogenated alkanes) is 10. The van der Waals surface area contributed by atoms with Crippen molar-refractivity contribution >= 4 is 11.9 Å². The van der Waals surface area contributed by atoms with Crippen molar-refractivity contribution in [3.05, 3.63) is 12.2 Å². The van der Waals surface area contributed by atoms with Crippen LogP contribution in [0.1, 0.15) is 104 Å². The van der Waals surface area contributed by atoms with Crippen molar-refractivity contribution in [3.63, 3.8) is 0 Å². The first-order valence-corrected chi connectivity index (χ1v) is 11.6. The van der Waals surface area contributed by atoms with E-state index in [0.717, 1.165) is 18.8 Å². The number of rotatable bonds is 16. The van der Waals surface area contributed by atoms with Crippen molar-refractivity contribution in [1.82, 2.24) is 0 Å². The van der Waals surface area contributed by atoms with E-state index in [0.29, 0.717) is 19.4 Å². The topological polar surface area (TPSA) is 63.6 Å². The molecule has 1 N–H and O–H groups in total. The predicted octanol–water partition coefficient (Wildman–Crippen LogP) is 6.53. The summed E-state index contributed by atoms with van der Waals surface area (Å²) >= 11 is 0. The maximum Gasteiger partial charge on any atom is 0.310 e. The molecule has 2 unspecified atom stereocenters. The second-order valence-electron chi connectivity index (χ2n) is 8.73. The maximum absolute atomic E-state index is 12.1. The minimum atomic E-state index is -0.901. The summed E-state index contributed by atoms with van der Waals surface area (Å²) in [7, 11) is 0. The van der Waals surface area contributed by atoms with Crippen LogP contribution in [0.25, 0.3) is 0 Å². The molecule has 1 aliphatic carbocycles.